The summed E-state index contributed by atoms with van der Waals surface area (Å²) < 4.78 is 17.6. The van der Waals surface area contributed by atoms with E-state index in [2.05, 4.69) is 94.1 Å². The number of nitrogens with two attached hydrogens (primary N) is 1. The van der Waals surface area contributed by atoms with Gasteiger partial charge in [0.1, 0.15) is 0 Å². The molecule has 2 aliphatic rings. The Balaban J connectivity index is 0.000000758. The van der Waals surface area contributed by atoms with Crippen LogP contribution < -0.4 is 15.8 Å². The maximum absolute atomic E-state index is 8.81. The molecule has 1 aliphatic heterocycles. The number of nitrogens with one attached hydrogen (secondary N) is 2. The third-order valence-electron chi connectivity index (χ3n) is 7.96. The first-order valence-electron chi connectivity index (χ1n) is 14.0. The molecule has 1 fully saturated rings. The number of nitrogens with zero attached hydrogens (tertiary/aromatic N) is 3. The Kier molecular flexibility index (Phi) is 8.94. The second kappa shape index (κ2) is 12.8. The molecular formula is C31H38N6O2S. The van der Waals surface area contributed by atoms with E-state index in [4.69, 9.17) is 13.4 Å². The molecule has 2 heterocycles. The number of aromatic nitrogens is 2. The predicted molar refractivity (Wildman–Crippen MR) is 164 cm³/mol. The van der Waals surface area contributed by atoms with Crippen molar-refractivity contribution in [2.24, 2.45) is 5.14 Å². The van der Waals surface area contributed by atoms with Crippen molar-refractivity contribution >= 4 is 44.8 Å². The van der Waals surface area contributed by atoms with Gasteiger partial charge in [0.2, 0.25) is 5.95 Å². The van der Waals surface area contributed by atoms with E-state index in [0.717, 1.165) is 40.4 Å². The summed E-state index contributed by atoms with van der Waals surface area (Å²) in [7, 11) is -2.62. The molecule has 0 radical (unpaired) electrons. The van der Waals surface area contributed by atoms with Gasteiger partial charge in [-0.2, -0.15) is 0 Å². The Morgan fingerprint density at radius 2 is 1.57 bits per heavy atom. The quantitative estimate of drug-likeness (QED) is 0.188. The highest BCUT2D eigenvalue weighted by molar-refractivity contribution is 7.69. The second-order valence-electron chi connectivity index (χ2n) is 10.7. The Labute approximate surface area is 238 Å². The molecule has 3 aromatic carbocycles. The molecule has 1 atom stereocenters. The van der Waals surface area contributed by atoms with E-state index in [-0.39, 0.29) is 0 Å². The van der Waals surface area contributed by atoms with Crippen LogP contribution in [0.25, 0.3) is 10.9 Å². The first-order chi connectivity index (χ1) is 19.4. The van der Waals surface area contributed by atoms with E-state index in [1.807, 2.05) is 6.20 Å². The summed E-state index contributed by atoms with van der Waals surface area (Å²) >= 11 is 0. The zero-order valence-corrected chi connectivity index (χ0v) is 24.1. The molecule has 9 heteroatoms. The standard InChI is InChI=1S/C31H35N5.H3NO2S/c1-21-7-5-8-22(2)29(21)34-28-10-6-9-25-20-32-31(35-30(25)28)33-26-14-11-23-12-15-27(16-13-24(23)19-26)36-17-3-4-18-36;1-4(2)3/h5-11,14,19-20,27,34H,3-4,12-13,15-18H2,1-2H3,(H,32,33,35);4H,(H2,1,2,3). The van der Waals surface area contributed by atoms with Crippen LogP contribution in [0.15, 0.2) is 60.8 Å². The molecule has 0 saturated carbocycles. The molecule has 1 aliphatic carbocycles. The average molecular weight is 559 g/mol. The fourth-order valence-electron chi connectivity index (χ4n) is 5.93. The van der Waals surface area contributed by atoms with E-state index in [1.54, 1.807) is 0 Å². The van der Waals surface area contributed by atoms with Gasteiger partial charge in [-0.3, -0.25) is 0 Å². The minimum Gasteiger partial charge on any atom is -0.353 e. The molecule has 0 bridgehead atoms. The van der Waals surface area contributed by atoms with Crippen LogP contribution in [-0.4, -0.2) is 42.4 Å². The molecule has 6 rings (SSSR count). The van der Waals surface area contributed by atoms with Crippen LogP contribution in [0, 0.1) is 13.8 Å². The Hall–Kier alpha value is -3.53. The van der Waals surface area contributed by atoms with Crippen molar-refractivity contribution in [1.82, 2.24) is 14.9 Å². The molecule has 1 saturated heterocycles. The maximum atomic E-state index is 8.81. The number of benzene rings is 3. The molecule has 40 heavy (non-hydrogen) atoms. The molecule has 4 aromatic rings. The number of rotatable bonds is 5. The van der Waals surface area contributed by atoms with Crippen LogP contribution in [0.2, 0.25) is 0 Å². The van der Waals surface area contributed by atoms with Crippen molar-refractivity contribution in [3.8, 4) is 0 Å². The summed E-state index contributed by atoms with van der Waals surface area (Å²) in [6.45, 7) is 6.84. The number of hydrogen-bond acceptors (Lipinski definition) is 7. The van der Waals surface area contributed by atoms with Gasteiger partial charge >= 0.3 is 0 Å². The third-order valence-corrected chi connectivity index (χ3v) is 7.96. The number of hydrogen-bond donors (Lipinski definition) is 4. The summed E-state index contributed by atoms with van der Waals surface area (Å²) in [5, 5.41) is 12.2. The summed E-state index contributed by atoms with van der Waals surface area (Å²) in [6, 6.07) is 20.1. The monoisotopic (exact) mass is 558 g/mol. The number of anilines is 4. The lowest BCUT2D eigenvalue weighted by Crippen LogP contribution is -2.32. The largest absolute Gasteiger partial charge is 0.353 e. The van der Waals surface area contributed by atoms with Gasteiger partial charge in [-0.25, -0.2) is 23.5 Å². The smallest absolute Gasteiger partial charge is 0.227 e. The number of thiol groups is 1. The van der Waals surface area contributed by atoms with E-state index < -0.39 is 10.9 Å². The number of fused-ring (bicyclic) bond motifs is 2. The van der Waals surface area contributed by atoms with E-state index in [0.29, 0.717) is 5.95 Å². The minimum atomic E-state index is -2.62. The van der Waals surface area contributed by atoms with Gasteiger partial charge in [0.25, 0.3) is 0 Å². The van der Waals surface area contributed by atoms with Gasteiger partial charge in [0.15, 0.2) is 10.9 Å². The van der Waals surface area contributed by atoms with Gasteiger partial charge in [-0.15, -0.1) is 0 Å². The molecular weight excluding hydrogens is 520 g/mol. The zero-order valence-electron chi connectivity index (χ0n) is 23.2. The van der Waals surface area contributed by atoms with E-state index in [1.165, 1.54) is 67.4 Å². The number of aryl methyl sites for hydroxylation is 4. The summed E-state index contributed by atoms with van der Waals surface area (Å²) in [4.78, 5) is 12.3. The minimum absolute atomic E-state index is 0.627. The van der Waals surface area contributed by atoms with Crippen LogP contribution in [0.5, 0.6) is 0 Å². The highest BCUT2D eigenvalue weighted by Crippen LogP contribution is 2.31. The van der Waals surface area contributed by atoms with Crippen molar-refractivity contribution < 1.29 is 8.42 Å². The number of para-hydroxylation sites is 2. The van der Waals surface area contributed by atoms with Crippen LogP contribution in [-0.2, 0) is 23.7 Å². The Bertz CT molecular complexity index is 1540. The van der Waals surface area contributed by atoms with Crippen LogP contribution in [0.4, 0.5) is 23.0 Å². The van der Waals surface area contributed by atoms with Gasteiger partial charge in [-0.1, -0.05) is 36.4 Å². The molecule has 0 spiro atoms. The van der Waals surface area contributed by atoms with Crippen LogP contribution >= 0.6 is 0 Å². The van der Waals surface area contributed by atoms with Gasteiger partial charge in [-0.05, 0) is 106 Å². The molecule has 1 aromatic heterocycles. The van der Waals surface area contributed by atoms with Crippen molar-refractivity contribution in [3.05, 3.63) is 83.0 Å². The van der Waals surface area contributed by atoms with Crippen molar-refractivity contribution in [1.29, 1.82) is 0 Å². The van der Waals surface area contributed by atoms with Gasteiger partial charge < -0.3 is 15.5 Å². The topological polar surface area (TPSA) is 113 Å². The summed E-state index contributed by atoms with van der Waals surface area (Å²) in [6.07, 6.45) is 9.51. The Morgan fingerprint density at radius 3 is 2.30 bits per heavy atom. The fourth-order valence-corrected chi connectivity index (χ4v) is 5.93. The highest BCUT2D eigenvalue weighted by Gasteiger charge is 2.24. The van der Waals surface area contributed by atoms with Crippen molar-refractivity contribution in [2.75, 3.05) is 23.7 Å². The normalized spacial score (nSPS) is 17.1. The van der Waals surface area contributed by atoms with E-state index >= 15 is 0 Å². The van der Waals surface area contributed by atoms with Crippen molar-refractivity contribution in [2.45, 2.75) is 58.4 Å². The Morgan fingerprint density at radius 1 is 0.900 bits per heavy atom. The number of likely N-dealkylation sites (tertiary alicyclic amines) is 1. The van der Waals surface area contributed by atoms with Crippen LogP contribution in [0.3, 0.4) is 0 Å². The molecule has 1 unspecified atom stereocenters. The first-order valence-corrected chi connectivity index (χ1v) is 15.2. The lowest BCUT2D eigenvalue weighted by molar-refractivity contribution is 0.222. The van der Waals surface area contributed by atoms with Crippen molar-refractivity contribution in [3.63, 3.8) is 0 Å². The highest BCUT2D eigenvalue weighted by atomic mass is 32.2. The molecule has 8 nitrogen and oxygen atoms in total. The van der Waals surface area contributed by atoms with E-state index in [9.17, 15) is 0 Å². The lowest BCUT2D eigenvalue weighted by atomic mass is 10.0. The zero-order chi connectivity index (χ0) is 28.1. The maximum Gasteiger partial charge on any atom is 0.227 e. The second-order valence-corrected chi connectivity index (χ2v) is 11.3. The predicted octanol–water partition coefficient (Wildman–Crippen LogP) is 5.55. The summed E-state index contributed by atoms with van der Waals surface area (Å²) in [5.74, 6) is 0.627. The third kappa shape index (κ3) is 6.78. The fraction of sp³-hybridized carbons (Fsp3) is 0.355. The van der Waals surface area contributed by atoms with Gasteiger partial charge in [0.05, 0.1) is 11.2 Å². The van der Waals surface area contributed by atoms with Crippen LogP contribution in [0.1, 0.15) is 47.9 Å². The molecule has 210 valence electrons. The molecule has 4 N–H and O–H groups in total. The SMILES string of the molecule is Cc1cccc(C)c1Nc1cccc2cnc(Nc3ccc4c(c3)CCC(N3CCCC3)CC4)nc12.N[SH](=O)=O. The molecule has 0 amide bonds. The van der Waals surface area contributed by atoms with Gasteiger partial charge in [0, 0.05) is 29.0 Å². The first kappa shape index (κ1) is 28.0. The lowest BCUT2D eigenvalue weighted by Gasteiger charge is -2.25. The summed E-state index contributed by atoms with van der Waals surface area (Å²) in [5.41, 5.74) is 9.52. The average Bonchev–Trinajstić information content (AvgIpc) is 3.38.